The van der Waals surface area contributed by atoms with Crippen LogP contribution in [0.4, 0.5) is 0 Å². The molecule has 0 bridgehead atoms. The molecule has 118 valence electrons. The minimum atomic E-state index is -1.82. The Kier molecular flexibility index (Phi) is 4.10. The Morgan fingerprint density at radius 3 is 2.04 bits per heavy atom. The molecule has 23 heavy (non-hydrogen) atoms. The molecule has 0 aliphatic heterocycles. The molecule has 6 nitrogen and oxygen atoms in total. The maximum absolute atomic E-state index is 11.8. The Morgan fingerprint density at radius 2 is 1.57 bits per heavy atom. The van der Waals surface area contributed by atoms with Crippen LogP contribution in [0.15, 0.2) is 48.5 Å². The van der Waals surface area contributed by atoms with Crippen molar-refractivity contribution in [2.24, 2.45) is 5.90 Å². The van der Waals surface area contributed by atoms with Crippen molar-refractivity contribution < 1.29 is 24.3 Å². The standard InChI is InChI=1S/C17H15NO5/c18-23-15(16(19)20)17(21)22-9-14-12-7-3-1-5-10(12)11-6-2-4-8-13(11)14/h1-8,14-15H,9,18H2,(H,19,20). The summed E-state index contributed by atoms with van der Waals surface area (Å²) in [6, 6.07) is 15.7. The van der Waals surface area contributed by atoms with Gasteiger partial charge in [-0.1, -0.05) is 48.5 Å². The third-order valence-corrected chi connectivity index (χ3v) is 3.93. The Labute approximate surface area is 132 Å². The molecular formula is C17H15NO5. The molecule has 0 fully saturated rings. The zero-order valence-corrected chi connectivity index (χ0v) is 12.1. The van der Waals surface area contributed by atoms with Gasteiger partial charge in [0.15, 0.2) is 0 Å². The third kappa shape index (κ3) is 2.69. The fourth-order valence-electron chi connectivity index (χ4n) is 2.90. The van der Waals surface area contributed by atoms with E-state index < -0.39 is 18.0 Å². The number of benzene rings is 2. The van der Waals surface area contributed by atoms with E-state index in [-0.39, 0.29) is 12.5 Å². The minimum absolute atomic E-state index is 0.0278. The minimum Gasteiger partial charge on any atom is -0.479 e. The van der Waals surface area contributed by atoms with Crippen LogP contribution in [0.3, 0.4) is 0 Å². The summed E-state index contributed by atoms with van der Waals surface area (Å²) >= 11 is 0. The predicted octanol–water partition coefficient (Wildman–Crippen LogP) is 1.69. The molecule has 3 rings (SSSR count). The van der Waals surface area contributed by atoms with Gasteiger partial charge in [0.25, 0.3) is 6.10 Å². The quantitative estimate of drug-likeness (QED) is 0.495. The van der Waals surface area contributed by atoms with E-state index in [0.717, 1.165) is 22.3 Å². The molecule has 2 aromatic carbocycles. The molecule has 0 heterocycles. The molecule has 3 N–H and O–H groups in total. The highest BCUT2D eigenvalue weighted by Gasteiger charge is 2.32. The maximum atomic E-state index is 11.8. The van der Waals surface area contributed by atoms with E-state index in [1.54, 1.807) is 0 Å². The number of carboxylic acid groups (broad SMARTS) is 1. The monoisotopic (exact) mass is 313 g/mol. The average molecular weight is 313 g/mol. The number of aliphatic carboxylic acids is 1. The van der Waals surface area contributed by atoms with Gasteiger partial charge in [0.05, 0.1) is 0 Å². The number of ether oxygens (including phenoxy) is 1. The van der Waals surface area contributed by atoms with Crippen LogP contribution in [0, 0.1) is 0 Å². The molecule has 0 saturated carbocycles. The fraction of sp³-hybridized carbons (Fsp3) is 0.176. The van der Waals surface area contributed by atoms with Crippen LogP contribution in [0.5, 0.6) is 0 Å². The summed E-state index contributed by atoms with van der Waals surface area (Å²) in [4.78, 5) is 26.8. The maximum Gasteiger partial charge on any atom is 0.349 e. The number of carbonyl (C=O) groups is 2. The summed E-state index contributed by atoms with van der Waals surface area (Å²) < 4.78 is 5.13. The van der Waals surface area contributed by atoms with Crippen molar-refractivity contribution in [2.75, 3.05) is 6.61 Å². The first-order valence-electron chi connectivity index (χ1n) is 7.06. The van der Waals surface area contributed by atoms with E-state index in [2.05, 4.69) is 4.84 Å². The van der Waals surface area contributed by atoms with Crippen LogP contribution >= 0.6 is 0 Å². The van der Waals surface area contributed by atoms with Crippen molar-refractivity contribution in [3.8, 4) is 11.1 Å². The van der Waals surface area contributed by atoms with Gasteiger partial charge < -0.3 is 9.84 Å². The van der Waals surface area contributed by atoms with E-state index in [1.165, 1.54) is 0 Å². The van der Waals surface area contributed by atoms with Crippen molar-refractivity contribution in [3.05, 3.63) is 59.7 Å². The second-order valence-corrected chi connectivity index (χ2v) is 5.21. The molecule has 1 unspecified atom stereocenters. The summed E-state index contributed by atoms with van der Waals surface area (Å²) in [5.41, 5.74) is 4.27. The van der Waals surface area contributed by atoms with E-state index in [0.29, 0.717) is 0 Å². The number of carboxylic acids is 1. The number of hydrogen-bond donors (Lipinski definition) is 2. The van der Waals surface area contributed by atoms with Crippen molar-refractivity contribution >= 4 is 11.9 Å². The van der Waals surface area contributed by atoms with Crippen LogP contribution in [0.1, 0.15) is 17.0 Å². The van der Waals surface area contributed by atoms with Gasteiger partial charge in [-0.05, 0) is 22.3 Å². The summed E-state index contributed by atoms with van der Waals surface area (Å²) in [6.07, 6.45) is -1.82. The zero-order valence-electron chi connectivity index (χ0n) is 12.1. The molecule has 6 heteroatoms. The van der Waals surface area contributed by atoms with Crippen LogP contribution in [0.25, 0.3) is 11.1 Å². The largest absolute Gasteiger partial charge is 0.479 e. The first-order chi connectivity index (χ1) is 11.1. The molecule has 0 aromatic heterocycles. The molecular weight excluding hydrogens is 298 g/mol. The molecule has 0 spiro atoms. The molecule has 0 amide bonds. The van der Waals surface area contributed by atoms with Gasteiger partial charge >= 0.3 is 11.9 Å². The van der Waals surface area contributed by atoms with Gasteiger partial charge in [-0.25, -0.2) is 15.5 Å². The highest BCUT2D eigenvalue weighted by Crippen LogP contribution is 2.44. The Morgan fingerprint density at radius 1 is 1.04 bits per heavy atom. The number of hydrogen-bond acceptors (Lipinski definition) is 5. The highest BCUT2D eigenvalue weighted by atomic mass is 16.7. The SMILES string of the molecule is NOC(C(=O)O)C(=O)OCC1c2ccccc2-c2ccccc21. The number of carbonyl (C=O) groups excluding carboxylic acids is 1. The van der Waals surface area contributed by atoms with E-state index >= 15 is 0 Å². The number of esters is 1. The first kappa shape index (κ1) is 15.2. The Bertz CT molecular complexity index is 713. The normalized spacial score (nSPS) is 14.0. The van der Waals surface area contributed by atoms with E-state index in [1.807, 2.05) is 48.5 Å². The van der Waals surface area contributed by atoms with E-state index in [9.17, 15) is 9.59 Å². The van der Waals surface area contributed by atoms with Crippen LogP contribution in [0.2, 0.25) is 0 Å². The van der Waals surface area contributed by atoms with Gasteiger partial charge in [0.2, 0.25) is 0 Å². The second-order valence-electron chi connectivity index (χ2n) is 5.21. The highest BCUT2D eigenvalue weighted by molar-refractivity contribution is 5.97. The van der Waals surface area contributed by atoms with E-state index in [4.69, 9.17) is 15.7 Å². The van der Waals surface area contributed by atoms with Crippen molar-refractivity contribution in [2.45, 2.75) is 12.0 Å². The lowest BCUT2D eigenvalue weighted by atomic mass is 9.98. The zero-order chi connectivity index (χ0) is 16.4. The summed E-state index contributed by atoms with van der Waals surface area (Å²) in [6.45, 7) is 0.0278. The van der Waals surface area contributed by atoms with Crippen molar-refractivity contribution in [1.82, 2.24) is 0 Å². The van der Waals surface area contributed by atoms with Gasteiger partial charge in [0.1, 0.15) is 6.61 Å². The second kappa shape index (κ2) is 6.20. The summed E-state index contributed by atoms with van der Waals surface area (Å²) in [5.74, 6) is 2.20. The number of fused-ring (bicyclic) bond motifs is 3. The lowest BCUT2D eigenvalue weighted by Gasteiger charge is -2.15. The third-order valence-electron chi connectivity index (χ3n) is 3.93. The van der Waals surface area contributed by atoms with Crippen LogP contribution in [-0.2, 0) is 19.2 Å². The van der Waals surface area contributed by atoms with Gasteiger partial charge in [0, 0.05) is 5.92 Å². The van der Waals surface area contributed by atoms with Crippen LogP contribution < -0.4 is 5.90 Å². The fourth-order valence-corrected chi connectivity index (χ4v) is 2.90. The Balaban J connectivity index is 1.84. The molecule has 0 saturated heterocycles. The lowest BCUT2D eigenvalue weighted by molar-refractivity contribution is -0.170. The topological polar surface area (TPSA) is 98.9 Å². The molecule has 1 aliphatic carbocycles. The summed E-state index contributed by atoms with van der Waals surface area (Å²) in [7, 11) is 0. The predicted molar refractivity (Wildman–Crippen MR) is 81.4 cm³/mol. The first-order valence-corrected chi connectivity index (χ1v) is 7.06. The number of rotatable bonds is 5. The average Bonchev–Trinajstić information content (AvgIpc) is 2.87. The smallest absolute Gasteiger partial charge is 0.349 e. The lowest BCUT2D eigenvalue weighted by Crippen LogP contribution is -2.37. The number of nitrogens with two attached hydrogens (primary N) is 1. The Hall–Kier alpha value is -2.70. The molecule has 1 aliphatic rings. The molecule has 1 atom stereocenters. The van der Waals surface area contributed by atoms with Crippen molar-refractivity contribution in [3.63, 3.8) is 0 Å². The van der Waals surface area contributed by atoms with Crippen molar-refractivity contribution in [1.29, 1.82) is 0 Å². The summed E-state index contributed by atoms with van der Waals surface area (Å²) in [5, 5.41) is 8.85. The molecule has 0 radical (unpaired) electrons. The van der Waals surface area contributed by atoms with Gasteiger partial charge in [-0.15, -0.1) is 0 Å². The molecule has 2 aromatic rings. The van der Waals surface area contributed by atoms with Gasteiger partial charge in [-0.3, -0.25) is 4.84 Å². The van der Waals surface area contributed by atoms with Crippen LogP contribution in [-0.4, -0.2) is 29.8 Å². The van der Waals surface area contributed by atoms with Gasteiger partial charge in [-0.2, -0.15) is 0 Å².